The third-order valence-electron chi connectivity index (χ3n) is 2.56. The van der Waals surface area contributed by atoms with Gasteiger partial charge in [0.25, 0.3) is 0 Å². The second-order valence-corrected chi connectivity index (χ2v) is 5.06. The van der Waals surface area contributed by atoms with Crippen molar-refractivity contribution in [2.24, 2.45) is 0 Å². The van der Waals surface area contributed by atoms with Gasteiger partial charge in [-0.2, -0.15) is 11.8 Å². The van der Waals surface area contributed by atoms with Gasteiger partial charge < -0.3 is 20.1 Å². The normalized spacial score (nSPS) is 22.0. The maximum absolute atomic E-state index is 11.9. The lowest BCUT2D eigenvalue weighted by Gasteiger charge is -2.33. The maximum atomic E-state index is 11.9. The summed E-state index contributed by atoms with van der Waals surface area (Å²) in [7, 11) is 1.41. The van der Waals surface area contributed by atoms with Gasteiger partial charge in [0.2, 0.25) is 0 Å². The molecule has 0 aromatic carbocycles. The van der Waals surface area contributed by atoms with E-state index < -0.39 is 12.0 Å². The average Bonchev–Trinajstić information content (AvgIpc) is 2.28. The van der Waals surface area contributed by atoms with Gasteiger partial charge >= 0.3 is 12.0 Å². The minimum atomic E-state index is -1.08. The number of carboxylic acids is 1. The molecule has 2 amide bonds. The smallest absolute Gasteiger partial charge is 0.328 e. The van der Waals surface area contributed by atoms with E-state index in [4.69, 9.17) is 9.84 Å². The Kier molecular flexibility index (Phi) is 5.57. The molecule has 1 aliphatic heterocycles. The molecule has 0 aliphatic carbocycles. The molecule has 1 aliphatic rings. The summed E-state index contributed by atoms with van der Waals surface area (Å²) in [6.45, 7) is 2.58. The quantitative estimate of drug-likeness (QED) is 0.758. The molecule has 2 N–H and O–H groups in total. The Bertz CT molecular complexity index is 287. The topological polar surface area (TPSA) is 78.9 Å². The van der Waals surface area contributed by atoms with Crippen LogP contribution in [0.5, 0.6) is 0 Å². The molecule has 0 radical (unpaired) electrons. The van der Waals surface area contributed by atoms with Gasteiger partial charge in [-0.05, 0) is 6.92 Å². The molecule has 7 heteroatoms. The van der Waals surface area contributed by atoms with E-state index in [-0.39, 0.29) is 18.7 Å². The molecule has 2 unspecified atom stereocenters. The standard InChI is InChI=1S/C10H18N2O4S/c1-7-6-17-4-3-12(7)10(15)11-8(5-16-2)9(13)14/h7-8H,3-6H2,1-2H3,(H,11,15)(H,13,14). The van der Waals surface area contributed by atoms with Crippen LogP contribution in [0.1, 0.15) is 6.92 Å². The third-order valence-corrected chi connectivity index (χ3v) is 3.75. The van der Waals surface area contributed by atoms with E-state index in [1.54, 1.807) is 16.7 Å². The maximum Gasteiger partial charge on any atom is 0.328 e. The number of carboxylic acid groups (broad SMARTS) is 1. The molecule has 0 spiro atoms. The van der Waals surface area contributed by atoms with Crippen molar-refractivity contribution in [1.29, 1.82) is 0 Å². The van der Waals surface area contributed by atoms with Gasteiger partial charge in [-0.3, -0.25) is 0 Å². The molecule has 2 atom stereocenters. The van der Waals surface area contributed by atoms with Crippen LogP contribution in [-0.4, -0.2) is 65.9 Å². The summed E-state index contributed by atoms with van der Waals surface area (Å²) in [4.78, 5) is 24.4. The monoisotopic (exact) mass is 262 g/mol. The molecule has 1 rings (SSSR count). The average molecular weight is 262 g/mol. The van der Waals surface area contributed by atoms with Crippen molar-refractivity contribution in [3.05, 3.63) is 0 Å². The molecule has 1 heterocycles. The van der Waals surface area contributed by atoms with Crippen LogP contribution in [0, 0.1) is 0 Å². The Morgan fingerprint density at radius 1 is 1.65 bits per heavy atom. The summed E-state index contributed by atoms with van der Waals surface area (Å²) < 4.78 is 4.76. The fraction of sp³-hybridized carbons (Fsp3) is 0.800. The molecule has 0 aromatic rings. The van der Waals surface area contributed by atoms with E-state index in [9.17, 15) is 9.59 Å². The van der Waals surface area contributed by atoms with Crippen LogP contribution >= 0.6 is 11.8 Å². The molecule has 0 aromatic heterocycles. The Morgan fingerprint density at radius 2 is 2.35 bits per heavy atom. The van der Waals surface area contributed by atoms with Gasteiger partial charge in [0, 0.05) is 31.2 Å². The summed E-state index contributed by atoms with van der Waals surface area (Å²) in [5, 5.41) is 11.4. The molecule has 1 saturated heterocycles. The fourth-order valence-corrected chi connectivity index (χ4v) is 2.62. The van der Waals surface area contributed by atoms with E-state index in [1.165, 1.54) is 7.11 Å². The molecular formula is C10H18N2O4S. The third kappa shape index (κ3) is 4.08. The van der Waals surface area contributed by atoms with Crippen molar-refractivity contribution in [3.63, 3.8) is 0 Å². The van der Waals surface area contributed by atoms with E-state index >= 15 is 0 Å². The zero-order chi connectivity index (χ0) is 12.8. The Hall–Kier alpha value is -0.950. The second kappa shape index (κ2) is 6.70. The number of aliphatic carboxylic acids is 1. The number of nitrogens with zero attached hydrogens (tertiary/aromatic N) is 1. The lowest BCUT2D eigenvalue weighted by atomic mass is 10.3. The van der Waals surface area contributed by atoms with Crippen LogP contribution in [0.15, 0.2) is 0 Å². The van der Waals surface area contributed by atoms with Crippen molar-refractivity contribution < 1.29 is 19.4 Å². The predicted octanol–water partition coefficient (Wildman–Crippen LogP) is 0.233. The van der Waals surface area contributed by atoms with Gasteiger partial charge in [0.05, 0.1) is 6.61 Å². The van der Waals surface area contributed by atoms with Crippen molar-refractivity contribution >= 4 is 23.8 Å². The second-order valence-electron chi connectivity index (χ2n) is 3.91. The molecule has 17 heavy (non-hydrogen) atoms. The van der Waals surface area contributed by atoms with Crippen LogP contribution < -0.4 is 5.32 Å². The summed E-state index contributed by atoms with van der Waals surface area (Å²) in [5.41, 5.74) is 0. The molecule has 98 valence electrons. The summed E-state index contributed by atoms with van der Waals surface area (Å²) in [6, 6.07) is -1.19. The number of urea groups is 1. The highest BCUT2D eigenvalue weighted by atomic mass is 32.2. The minimum absolute atomic E-state index is 0.0297. The number of methoxy groups -OCH3 is 1. The summed E-state index contributed by atoms with van der Waals surface area (Å²) in [5.74, 6) is 0.689. The first kappa shape index (κ1) is 14.1. The van der Waals surface area contributed by atoms with Gasteiger partial charge in [-0.25, -0.2) is 9.59 Å². The number of nitrogens with one attached hydrogen (secondary N) is 1. The minimum Gasteiger partial charge on any atom is -0.480 e. The fourth-order valence-electron chi connectivity index (χ4n) is 1.60. The highest BCUT2D eigenvalue weighted by Gasteiger charge is 2.27. The lowest BCUT2D eigenvalue weighted by molar-refractivity contribution is -0.140. The number of carbonyl (C=O) groups is 2. The van der Waals surface area contributed by atoms with Gasteiger partial charge in [-0.15, -0.1) is 0 Å². The largest absolute Gasteiger partial charge is 0.480 e. The first-order valence-electron chi connectivity index (χ1n) is 5.43. The number of ether oxygens (including phenoxy) is 1. The predicted molar refractivity (Wildman–Crippen MR) is 65.3 cm³/mol. The first-order valence-corrected chi connectivity index (χ1v) is 6.58. The number of hydrogen-bond donors (Lipinski definition) is 2. The lowest BCUT2D eigenvalue weighted by Crippen LogP contribution is -2.54. The number of rotatable bonds is 4. The van der Waals surface area contributed by atoms with Crippen LogP contribution in [0.2, 0.25) is 0 Å². The van der Waals surface area contributed by atoms with Crippen LogP contribution in [0.3, 0.4) is 0 Å². The van der Waals surface area contributed by atoms with Crippen molar-refractivity contribution in [1.82, 2.24) is 10.2 Å². The SMILES string of the molecule is COCC(NC(=O)N1CCSCC1C)C(=O)O. The number of amides is 2. The number of carbonyl (C=O) groups excluding carboxylic acids is 1. The van der Waals surface area contributed by atoms with Crippen molar-refractivity contribution in [3.8, 4) is 0 Å². The van der Waals surface area contributed by atoms with E-state index in [0.717, 1.165) is 11.5 Å². The molecule has 0 bridgehead atoms. The molecular weight excluding hydrogens is 244 g/mol. The van der Waals surface area contributed by atoms with Crippen molar-refractivity contribution in [2.45, 2.75) is 19.0 Å². The number of thioether (sulfide) groups is 1. The van der Waals surface area contributed by atoms with Crippen LogP contribution in [-0.2, 0) is 9.53 Å². The first-order chi connectivity index (χ1) is 8.06. The zero-order valence-electron chi connectivity index (χ0n) is 10.0. The summed E-state index contributed by atoms with van der Waals surface area (Å²) in [6.07, 6.45) is 0. The summed E-state index contributed by atoms with van der Waals surface area (Å²) >= 11 is 1.80. The van der Waals surface area contributed by atoms with E-state index in [2.05, 4.69) is 5.32 Å². The van der Waals surface area contributed by atoms with E-state index in [1.807, 2.05) is 6.92 Å². The van der Waals surface area contributed by atoms with Gasteiger partial charge in [0.15, 0.2) is 6.04 Å². The zero-order valence-corrected chi connectivity index (χ0v) is 10.8. The molecule has 1 fully saturated rings. The Balaban J connectivity index is 2.53. The van der Waals surface area contributed by atoms with Gasteiger partial charge in [0.1, 0.15) is 0 Å². The Labute approximate surface area is 105 Å². The number of hydrogen-bond acceptors (Lipinski definition) is 4. The van der Waals surface area contributed by atoms with Gasteiger partial charge in [-0.1, -0.05) is 0 Å². The molecule has 0 saturated carbocycles. The Morgan fingerprint density at radius 3 is 2.88 bits per heavy atom. The van der Waals surface area contributed by atoms with E-state index in [0.29, 0.717) is 6.54 Å². The highest BCUT2D eigenvalue weighted by Crippen LogP contribution is 2.15. The molecule has 6 nitrogen and oxygen atoms in total. The highest BCUT2D eigenvalue weighted by molar-refractivity contribution is 7.99. The van der Waals surface area contributed by atoms with Crippen LogP contribution in [0.25, 0.3) is 0 Å². The van der Waals surface area contributed by atoms with Crippen molar-refractivity contribution in [2.75, 3.05) is 31.8 Å². The van der Waals surface area contributed by atoms with Crippen LogP contribution in [0.4, 0.5) is 4.79 Å².